The van der Waals surface area contributed by atoms with E-state index >= 15 is 0 Å². The lowest BCUT2D eigenvalue weighted by Gasteiger charge is -2.38. The molecule has 1 fully saturated rings. The highest BCUT2D eigenvalue weighted by Gasteiger charge is 2.32. The van der Waals surface area contributed by atoms with Crippen molar-refractivity contribution in [2.75, 3.05) is 13.1 Å². The number of aryl methyl sites for hydroxylation is 2. The van der Waals surface area contributed by atoms with Gasteiger partial charge in [-0.2, -0.15) is 4.98 Å². The number of ether oxygens (including phenoxy) is 1. The number of aromatic nitrogens is 3. The van der Waals surface area contributed by atoms with Crippen molar-refractivity contribution >= 4 is 11.4 Å². The van der Waals surface area contributed by atoms with E-state index in [0.29, 0.717) is 30.4 Å². The lowest BCUT2D eigenvalue weighted by Crippen LogP contribution is -2.54. The zero-order valence-corrected chi connectivity index (χ0v) is 14.3. The number of carbonyl (C=O) groups is 1. The van der Waals surface area contributed by atoms with Gasteiger partial charge in [-0.1, -0.05) is 18.1 Å². The Balaban J connectivity index is 1.33. The molecule has 1 amide bonds. The number of rotatable bonds is 5. The van der Waals surface area contributed by atoms with Crippen molar-refractivity contribution in [3.05, 3.63) is 53.4 Å². The first-order valence-electron chi connectivity index (χ1n) is 8.43. The molecular weight excluding hydrogens is 320 g/mol. The third-order valence-corrected chi connectivity index (χ3v) is 4.50. The van der Waals surface area contributed by atoms with Gasteiger partial charge in [-0.15, -0.1) is 0 Å². The molecule has 25 heavy (non-hydrogen) atoms. The third kappa shape index (κ3) is 3.02. The minimum Gasteiger partial charge on any atom is -0.365 e. The number of hydrogen-bond donors (Lipinski definition) is 0. The largest absolute Gasteiger partial charge is 0.365 e. The van der Waals surface area contributed by atoms with E-state index in [4.69, 9.17) is 9.26 Å². The predicted octanol–water partition coefficient (Wildman–Crippen LogP) is 2.23. The van der Waals surface area contributed by atoms with Gasteiger partial charge in [0, 0.05) is 37.4 Å². The Kier molecular flexibility index (Phi) is 4.01. The summed E-state index contributed by atoms with van der Waals surface area (Å²) in [5, 5.41) is 3.83. The van der Waals surface area contributed by atoms with Crippen LogP contribution in [0.25, 0.3) is 5.52 Å². The first-order valence-corrected chi connectivity index (χ1v) is 8.43. The average molecular weight is 340 g/mol. The minimum atomic E-state index is 0.0136. The van der Waals surface area contributed by atoms with Gasteiger partial charge in [-0.3, -0.25) is 4.79 Å². The van der Waals surface area contributed by atoms with Crippen LogP contribution in [0.1, 0.15) is 34.6 Å². The Morgan fingerprint density at radius 2 is 2.28 bits per heavy atom. The van der Waals surface area contributed by atoms with Crippen LogP contribution in [0.3, 0.4) is 0 Å². The smallest absolute Gasteiger partial charge is 0.255 e. The number of fused-ring (bicyclic) bond motifs is 1. The number of likely N-dealkylation sites (tertiary alicyclic amines) is 1. The van der Waals surface area contributed by atoms with Gasteiger partial charge in [0.05, 0.1) is 11.7 Å². The first kappa shape index (κ1) is 15.8. The fraction of sp³-hybridized carbons (Fsp3) is 0.389. The monoisotopic (exact) mass is 340 g/mol. The van der Waals surface area contributed by atoms with Crippen molar-refractivity contribution in [2.24, 2.45) is 0 Å². The molecule has 7 heteroatoms. The lowest BCUT2D eigenvalue weighted by atomic mass is 10.1. The van der Waals surface area contributed by atoms with Crippen molar-refractivity contribution in [1.29, 1.82) is 0 Å². The summed E-state index contributed by atoms with van der Waals surface area (Å²) in [6.45, 7) is 5.46. The van der Waals surface area contributed by atoms with Crippen molar-refractivity contribution in [3.8, 4) is 0 Å². The second-order valence-electron chi connectivity index (χ2n) is 6.31. The maximum atomic E-state index is 12.6. The summed E-state index contributed by atoms with van der Waals surface area (Å²) in [6, 6.07) is 5.96. The molecule has 0 radical (unpaired) electrons. The van der Waals surface area contributed by atoms with Gasteiger partial charge < -0.3 is 18.6 Å². The van der Waals surface area contributed by atoms with E-state index in [1.807, 2.05) is 48.8 Å². The van der Waals surface area contributed by atoms with Crippen molar-refractivity contribution in [2.45, 2.75) is 33.0 Å². The summed E-state index contributed by atoms with van der Waals surface area (Å²) in [7, 11) is 0. The standard InChI is InChI=1S/C18H20N4O3/c1-3-16-19-17(25-20-16)11-24-14-9-22(10-14)18(23)13-7-15-12(2)5-4-6-21(15)8-13/h4-8,14H,3,9-11H2,1-2H3. The molecule has 0 spiro atoms. The van der Waals surface area contributed by atoms with Crippen LogP contribution in [0, 0.1) is 6.92 Å². The maximum Gasteiger partial charge on any atom is 0.255 e. The maximum absolute atomic E-state index is 12.6. The molecule has 1 aliphatic heterocycles. The zero-order chi connectivity index (χ0) is 17.4. The topological polar surface area (TPSA) is 72.9 Å². The molecular formula is C18H20N4O3. The van der Waals surface area contributed by atoms with Crippen molar-refractivity contribution in [1.82, 2.24) is 19.4 Å². The highest BCUT2D eigenvalue weighted by Crippen LogP contribution is 2.20. The van der Waals surface area contributed by atoms with Crippen LogP contribution in [-0.4, -0.2) is 44.5 Å². The molecule has 130 valence electrons. The number of nitrogens with zero attached hydrogens (tertiary/aromatic N) is 4. The van der Waals surface area contributed by atoms with Crippen LogP contribution in [0.2, 0.25) is 0 Å². The third-order valence-electron chi connectivity index (χ3n) is 4.50. The van der Waals surface area contributed by atoms with E-state index < -0.39 is 0 Å². The molecule has 3 aromatic rings. The summed E-state index contributed by atoms with van der Waals surface area (Å²) >= 11 is 0. The molecule has 0 aromatic carbocycles. The lowest BCUT2D eigenvalue weighted by molar-refractivity contribution is -0.0568. The number of hydrogen-bond acceptors (Lipinski definition) is 5. The minimum absolute atomic E-state index is 0.0136. The molecule has 0 unspecified atom stereocenters. The SMILES string of the molecule is CCc1noc(COC2CN(C(=O)c3cc4c(C)cccn4c3)C2)n1. The normalized spacial score (nSPS) is 14.9. The second-order valence-corrected chi connectivity index (χ2v) is 6.31. The summed E-state index contributed by atoms with van der Waals surface area (Å²) in [5.74, 6) is 1.20. The fourth-order valence-corrected chi connectivity index (χ4v) is 2.98. The molecule has 0 bridgehead atoms. The summed E-state index contributed by atoms with van der Waals surface area (Å²) in [4.78, 5) is 18.6. The molecule has 0 aliphatic carbocycles. The molecule has 1 saturated heterocycles. The molecule has 3 aromatic heterocycles. The van der Waals surface area contributed by atoms with Crippen LogP contribution in [0.4, 0.5) is 0 Å². The Morgan fingerprint density at radius 1 is 1.44 bits per heavy atom. The van der Waals surface area contributed by atoms with Gasteiger partial charge in [0.2, 0.25) is 0 Å². The summed E-state index contributed by atoms with van der Waals surface area (Å²) in [6.07, 6.45) is 4.58. The Bertz CT molecular complexity index is 908. The molecule has 1 aliphatic rings. The number of carbonyl (C=O) groups excluding carboxylic acids is 1. The average Bonchev–Trinajstić information content (AvgIpc) is 3.20. The van der Waals surface area contributed by atoms with Crippen molar-refractivity contribution < 1.29 is 14.1 Å². The van der Waals surface area contributed by atoms with Crippen LogP contribution in [0.5, 0.6) is 0 Å². The molecule has 4 heterocycles. The van der Waals surface area contributed by atoms with Gasteiger partial charge in [0.15, 0.2) is 5.82 Å². The number of pyridine rings is 1. The summed E-state index contributed by atoms with van der Waals surface area (Å²) < 4.78 is 12.8. The predicted molar refractivity (Wildman–Crippen MR) is 90.3 cm³/mol. The quantitative estimate of drug-likeness (QED) is 0.712. The van der Waals surface area contributed by atoms with Gasteiger partial charge in [-0.05, 0) is 24.6 Å². The van der Waals surface area contributed by atoms with E-state index in [0.717, 1.165) is 17.5 Å². The Hall–Kier alpha value is -2.67. The van der Waals surface area contributed by atoms with Gasteiger partial charge >= 0.3 is 0 Å². The van der Waals surface area contributed by atoms with Gasteiger partial charge in [0.1, 0.15) is 6.61 Å². The Labute approximate surface area is 145 Å². The molecule has 0 saturated carbocycles. The Morgan fingerprint density at radius 3 is 3.00 bits per heavy atom. The zero-order valence-electron chi connectivity index (χ0n) is 14.3. The molecule has 0 N–H and O–H groups in total. The van der Waals surface area contributed by atoms with Crippen LogP contribution >= 0.6 is 0 Å². The van der Waals surface area contributed by atoms with Crippen molar-refractivity contribution in [3.63, 3.8) is 0 Å². The van der Waals surface area contributed by atoms with Crippen LogP contribution in [-0.2, 0) is 17.8 Å². The van der Waals surface area contributed by atoms with Crippen LogP contribution in [0.15, 0.2) is 35.1 Å². The highest BCUT2D eigenvalue weighted by atomic mass is 16.5. The second kappa shape index (κ2) is 6.33. The summed E-state index contributed by atoms with van der Waals surface area (Å²) in [5.41, 5.74) is 2.91. The van der Waals surface area contributed by atoms with Gasteiger partial charge in [0.25, 0.3) is 11.8 Å². The van der Waals surface area contributed by atoms with E-state index in [9.17, 15) is 4.79 Å². The van der Waals surface area contributed by atoms with Gasteiger partial charge in [-0.25, -0.2) is 0 Å². The first-order chi connectivity index (χ1) is 12.1. The van der Waals surface area contributed by atoms with E-state index in [2.05, 4.69) is 10.1 Å². The van der Waals surface area contributed by atoms with E-state index in [1.165, 1.54) is 0 Å². The van der Waals surface area contributed by atoms with E-state index in [-0.39, 0.29) is 18.6 Å². The fourth-order valence-electron chi connectivity index (χ4n) is 2.98. The van der Waals surface area contributed by atoms with Crippen LogP contribution < -0.4 is 0 Å². The highest BCUT2D eigenvalue weighted by molar-refractivity contribution is 5.96. The molecule has 7 nitrogen and oxygen atoms in total. The van der Waals surface area contributed by atoms with E-state index in [1.54, 1.807) is 4.90 Å². The molecule has 0 atom stereocenters. The number of amides is 1. The molecule has 4 rings (SSSR count).